The van der Waals surface area contributed by atoms with Gasteiger partial charge >= 0.3 is 5.69 Å². The molecule has 5 fully saturated rings. The van der Waals surface area contributed by atoms with E-state index in [2.05, 4.69) is 38.0 Å². The van der Waals surface area contributed by atoms with Crippen molar-refractivity contribution in [3.8, 4) is 11.8 Å². The van der Waals surface area contributed by atoms with Crippen molar-refractivity contribution in [2.45, 2.75) is 112 Å². The van der Waals surface area contributed by atoms with Gasteiger partial charge in [0.25, 0.3) is 0 Å². The first-order chi connectivity index (χ1) is 32.8. The van der Waals surface area contributed by atoms with E-state index in [4.69, 9.17) is 23.2 Å². The number of fused-ring (bicyclic) bond motifs is 4. The van der Waals surface area contributed by atoms with Gasteiger partial charge in [-0.15, -0.1) is 0 Å². The van der Waals surface area contributed by atoms with Crippen LogP contribution in [0.4, 0.5) is 10.1 Å². The van der Waals surface area contributed by atoms with Crippen LogP contribution in [0.3, 0.4) is 0 Å². The van der Waals surface area contributed by atoms with Gasteiger partial charge in [0.15, 0.2) is 0 Å². The first-order valence-corrected chi connectivity index (χ1v) is 24.7. The highest BCUT2D eigenvalue weighted by Crippen LogP contribution is 2.63. The molecule has 3 saturated heterocycles. The largest absolute Gasteiger partial charge is 0.352 e. The summed E-state index contributed by atoms with van der Waals surface area (Å²) in [6.07, 6.45) is 7.56. The number of rotatable bonds is 7. The number of imidazole rings is 1. The fourth-order valence-corrected chi connectivity index (χ4v) is 12.8. The summed E-state index contributed by atoms with van der Waals surface area (Å²) < 4.78 is 19.3. The van der Waals surface area contributed by atoms with Crippen LogP contribution in [0.2, 0.25) is 10.0 Å². The molecule has 1 aromatic heterocycles. The van der Waals surface area contributed by atoms with Crippen LogP contribution in [0.25, 0.3) is 11.0 Å². The van der Waals surface area contributed by atoms with E-state index in [1.54, 1.807) is 37.4 Å². The van der Waals surface area contributed by atoms with Gasteiger partial charge < -0.3 is 15.5 Å². The maximum Gasteiger partial charge on any atom is 0.329 e. The van der Waals surface area contributed by atoms with Gasteiger partial charge in [-0.1, -0.05) is 72.5 Å². The quantitative estimate of drug-likeness (QED) is 0.136. The zero-order chi connectivity index (χ0) is 47.5. The van der Waals surface area contributed by atoms with Crippen molar-refractivity contribution >= 4 is 69.5 Å². The van der Waals surface area contributed by atoms with Crippen molar-refractivity contribution in [2.75, 3.05) is 38.0 Å². The molecular weight excluding hydrogens is 911 g/mol. The zero-order valence-corrected chi connectivity index (χ0v) is 39.5. The number of carbonyl (C=O) groups excluding carboxylic acids is 5. The number of carbonyl (C=O) groups is 5. The highest BCUT2D eigenvalue weighted by Gasteiger charge is 2.72. The van der Waals surface area contributed by atoms with E-state index in [0.717, 1.165) is 44.5 Å². The van der Waals surface area contributed by atoms with Crippen molar-refractivity contribution in [1.29, 1.82) is 0 Å². The Morgan fingerprint density at radius 1 is 0.882 bits per heavy atom. The molecule has 1 unspecified atom stereocenters. The molecule has 6 aliphatic rings. The number of aryl methyl sites for hydroxylation is 1. The van der Waals surface area contributed by atoms with E-state index in [1.807, 2.05) is 23.1 Å². The second-order valence-corrected chi connectivity index (χ2v) is 20.3. The number of anilines is 1. The molecule has 5 heterocycles. The number of aromatic nitrogens is 2. The molecule has 4 atom stereocenters. The average molecular weight is 966 g/mol. The molecule has 4 aromatic rings. The Labute approximate surface area is 403 Å². The molecule has 10 rings (SSSR count). The van der Waals surface area contributed by atoms with Crippen LogP contribution in [-0.4, -0.2) is 98.8 Å². The van der Waals surface area contributed by atoms with Gasteiger partial charge in [0.1, 0.15) is 17.3 Å². The summed E-state index contributed by atoms with van der Waals surface area (Å²) in [5.41, 5.74) is 1.07. The van der Waals surface area contributed by atoms with E-state index in [-0.39, 0.29) is 64.7 Å². The fourth-order valence-electron chi connectivity index (χ4n) is 12.5. The summed E-state index contributed by atoms with van der Waals surface area (Å²) in [7, 11) is 1.66. The first kappa shape index (κ1) is 46.2. The fraction of sp³-hybridized carbons (Fsp3) is 0.490. The number of piperazine rings is 1. The summed E-state index contributed by atoms with van der Waals surface area (Å²) in [5, 5.41) is 12.8. The Kier molecular flexibility index (Phi) is 12.5. The van der Waals surface area contributed by atoms with Gasteiger partial charge in [-0.25, -0.2) is 9.18 Å². The van der Waals surface area contributed by atoms with E-state index >= 15 is 4.39 Å². The lowest BCUT2D eigenvalue weighted by molar-refractivity contribution is -0.139. The Hall–Kier alpha value is -5.53. The number of piperidine rings is 1. The maximum absolute atomic E-state index is 16.3. The first-order valence-electron chi connectivity index (χ1n) is 24.0. The number of nitrogens with zero attached hydrogens (tertiary/aromatic N) is 4. The van der Waals surface area contributed by atoms with Crippen LogP contribution in [0.1, 0.15) is 106 Å². The summed E-state index contributed by atoms with van der Waals surface area (Å²) >= 11 is 12.9. The van der Waals surface area contributed by atoms with Crippen molar-refractivity contribution in [2.24, 2.45) is 13.0 Å². The Morgan fingerprint density at radius 2 is 1.65 bits per heavy atom. The standard InChI is InChI=1S/C51H55Cl2FN8O6/c1-59-40-28-30(11-18-38(40)62(49(59)68)39-19-20-41(63)57-45(39)64)8-3-6-23-60-24-26-61(27-25-60)47(66)31-12-15-33(16-13-31)55-46(65)44-42(34-9-7-10-36(53)43(34)54)51(50(58-44)21-4-2-5-22-50)35-17-14-32(52)29-37(35)56-48(51)67/h7,9-11,14,17-18,28-29,31,33,39,42,44,58H,2,4-6,12-13,15-16,19-27H2,1H3,(H,55,65)(H,56,67)(H,57,63,64)/t31-,33-,39?,42-,44+,51+/m0/s1. The topological polar surface area (TPSA) is 167 Å². The van der Waals surface area contributed by atoms with Gasteiger partial charge in [0, 0.05) is 92.3 Å². The summed E-state index contributed by atoms with van der Waals surface area (Å²) in [6, 6.07) is 13.7. The minimum Gasteiger partial charge on any atom is -0.352 e. The molecule has 2 saturated carbocycles. The molecule has 68 heavy (non-hydrogen) atoms. The number of hydrogen-bond donors (Lipinski definition) is 4. The summed E-state index contributed by atoms with van der Waals surface area (Å²) in [4.78, 5) is 84.9. The van der Waals surface area contributed by atoms with Crippen LogP contribution >= 0.6 is 23.2 Å². The molecule has 17 heteroatoms. The van der Waals surface area contributed by atoms with Gasteiger partial charge in [-0.05, 0) is 92.5 Å². The predicted octanol–water partition coefficient (Wildman–Crippen LogP) is 5.67. The monoisotopic (exact) mass is 964 g/mol. The molecule has 4 N–H and O–H groups in total. The van der Waals surface area contributed by atoms with Gasteiger partial charge in [0.05, 0.1) is 22.1 Å². The van der Waals surface area contributed by atoms with Gasteiger partial charge in [-0.3, -0.25) is 48.6 Å². The summed E-state index contributed by atoms with van der Waals surface area (Å²) in [5.74, 6) is 3.54. The lowest BCUT2D eigenvalue weighted by atomic mass is 9.55. The normalized spacial score (nSPS) is 26.9. The van der Waals surface area contributed by atoms with Gasteiger partial charge in [0.2, 0.25) is 29.5 Å². The number of halogens is 3. The number of benzene rings is 3. The minimum absolute atomic E-state index is 0.0733. The smallest absolute Gasteiger partial charge is 0.329 e. The summed E-state index contributed by atoms with van der Waals surface area (Å²) in [6.45, 7) is 3.48. The highest BCUT2D eigenvalue weighted by atomic mass is 35.5. The number of amides is 5. The lowest BCUT2D eigenvalue weighted by Gasteiger charge is -2.47. The van der Waals surface area contributed by atoms with Crippen molar-refractivity contribution < 1.29 is 28.4 Å². The molecular formula is C51H55Cl2FN8O6. The van der Waals surface area contributed by atoms with Crippen LogP contribution in [0, 0.1) is 23.6 Å². The number of nitrogens with one attached hydrogen (secondary N) is 4. The van der Waals surface area contributed by atoms with Crippen LogP contribution in [-0.2, 0) is 36.4 Å². The third-order valence-electron chi connectivity index (χ3n) is 15.8. The molecule has 0 bridgehead atoms. The lowest BCUT2D eigenvalue weighted by Crippen LogP contribution is -2.60. The van der Waals surface area contributed by atoms with E-state index in [9.17, 15) is 28.8 Å². The molecule has 3 aromatic carbocycles. The predicted molar refractivity (Wildman–Crippen MR) is 256 cm³/mol. The molecule has 5 amide bonds. The molecule has 0 radical (unpaired) electrons. The average Bonchev–Trinajstić information content (AvgIpc) is 3.89. The zero-order valence-electron chi connectivity index (χ0n) is 38.0. The highest BCUT2D eigenvalue weighted by molar-refractivity contribution is 6.31. The van der Waals surface area contributed by atoms with Crippen LogP contribution in [0.15, 0.2) is 59.4 Å². The second kappa shape index (κ2) is 18.4. The van der Waals surface area contributed by atoms with E-state index in [1.165, 1.54) is 15.2 Å². The Balaban J connectivity index is 0.749. The third-order valence-corrected chi connectivity index (χ3v) is 16.3. The molecule has 2 spiro atoms. The van der Waals surface area contributed by atoms with E-state index in [0.29, 0.717) is 85.3 Å². The Morgan fingerprint density at radius 3 is 2.40 bits per heavy atom. The second-order valence-electron chi connectivity index (χ2n) is 19.5. The SMILES string of the molecule is Cn1c(=O)n(C2CCC(=O)NC2=O)c2ccc(C#CCCN3CCN(C(=O)[C@H]4CC[C@H](NC(=O)[C@@H]5NC6(CCCCC6)[C@@]6(C(=O)Nc7cc(Cl)ccc76)[C@H]5c5cccc(Cl)c5F)CC4)CC3)cc21. The van der Waals surface area contributed by atoms with Crippen LogP contribution in [0.5, 0.6) is 0 Å². The van der Waals surface area contributed by atoms with Crippen molar-refractivity contribution in [3.63, 3.8) is 0 Å². The van der Waals surface area contributed by atoms with Crippen molar-refractivity contribution in [1.82, 2.24) is 34.9 Å². The third kappa shape index (κ3) is 7.91. The molecule has 14 nitrogen and oxygen atoms in total. The van der Waals surface area contributed by atoms with Gasteiger partial charge in [-0.2, -0.15) is 0 Å². The molecule has 356 valence electrons. The van der Waals surface area contributed by atoms with Crippen LogP contribution < -0.4 is 27.0 Å². The van der Waals surface area contributed by atoms with E-state index < -0.39 is 40.7 Å². The number of imide groups is 1. The molecule has 4 aliphatic heterocycles. The van der Waals surface area contributed by atoms with Crippen molar-refractivity contribution in [3.05, 3.63) is 97.6 Å². The number of hydrogen-bond acceptors (Lipinski definition) is 8. The minimum atomic E-state index is -1.31. The maximum atomic E-state index is 16.3. The Bertz CT molecular complexity index is 2850. The molecule has 2 aliphatic carbocycles.